The first-order valence-corrected chi connectivity index (χ1v) is 30.6. The molecular weight excluding hydrogens is 921 g/mol. The zero-order chi connectivity index (χ0) is 51.7. The first-order chi connectivity index (χ1) is 34.6. The lowest BCUT2D eigenvalue weighted by Crippen LogP contribution is -2.60. The van der Waals surface area contributed by atoms with Gasteiger partial charge in [-0.05, 0) is 51.4 Å². The van der Waals surface area contributed by atoms with Gasteiger partial charge in [-0.2, -0.15) is 8.42 Å². The molecule has 0 radical (unpaired) electrons. The molecule has 1 rings (SSSR count). The molecule has 1 fully saturated rings. The average molecular weight is 1030 g/mol. The third kappa shape index (κ3) is 42.3. The second kappa shape index (κ2) is 49.2. The maximum atomic E-state index is 13.0. The smallest absolute Gasteiger partial charge is 0.397 e. The molecule has 4 N–H and O–H groups in total. The molecule has 418 valence electrons. The highest BCUT2D eigenvalue weighted by molar-refractivity contribution is 7.80. The Labute approximate surface area is 434 Å². The van der Waals surface area contributed by atoms with Crippen molar-refractivity contribution in [1.82, 2.24) is 0 Å². The fraction of sp³-hybridized carbons (Fsp3) is 0.879. The molecule has 0 bridgehead atoms. The molecule has 1 saturated heterocycles. The quantitative estimate of drug-likeness (QED) is 0.0196. The Kier molecular flexibility index (Phi) is 46.7. The molecule has 0 spiro atoms. The molecule has 12 nitrogen and oxygen atoms in total. The standard InChI is InChI=1S/C58H108O12S/c1-3-5-7-9-11-13-15-17-19-21-23-25-26-27-28-29-31-33-35-37-39-41-43-45-47-54(60)68-52(51-67-58-56(62)57(70-71(63,64)65)55(61)53(49-59)69-58)50-66-48-46-44-42-40-38-36-34-32-30-24-22-20-18-16-14-12-10-8-6-4-2/h12,14,18,20,24,30,52-53,55-59,61-62H,3-11,13,15-17,19,21-23,25-29,31-51H2,1-2H3,(H,63,64,65)/b14-12-,20-18-,30-24-. The van der Waals surface area contributed by atoms with Crippen LogP contribution in [-0.2, 0) is 38.3 Å². The summed E-state index contributed by atoms with van der Waals surface area (Å²) in [6, 6.07) is 0. The topological polar surface area (TPSA) is 178 Å². The molecule has 0 aromatic rings. The zero-order valence-corrected chi connectivity index (χ0v) is 46.1. The predicted molar refractivity (Wildman–Crippen MR) is 290 cm³/mol. The fourth-order valence-electron chi connectivity index (χ4n) is 9.09. The highest BCUT2D eigenvalue weighted by atomic mass is 32.3. The number of carbonyl (C=O) groups is 1. The van der Waals surface area contributed by atoms with E-state index in [0.717, 1.165) is 57.8 Å². The Morgan fingerprint density at radius 2 is 0.930 bits per heavy atom. The van der Waals surface area contributed by atoms with Gasteiger partial charge in [0.15, 0.2) is 6.29 Å². The monoisotopic (exact) mass is 1030 g/mol. The van der Waals surface area contributed by atoms with Crippen LogP contribution in [0.3, 0.4) is 0 Å². The molecule has 1 aliphatic rings. The minimum absolute atomic E-state index is 0.0322. The van der Waals surface area contributed by atoms with Crippen LogP contribution in [0.25, 0.3) is 0 Å². The molecule has 1 heterocycles. The van der Waals surface area contributed by atoms with Gasteiger partial charge in [0.1, 0.15) is 30.5 Å². The summed E-state index contributed by atoms with van der Waals surface area (Å²) < 4.78 is 59.4. The third-order valence-corrected chi connectivity index (χ3v) is 14.0. The van der Waals surface area contributed by atoms with Gasteiger partial charge in [0.05, 0.1) is 19.8 Å². The molecule has 0 aromatic heterocycles. The largest absolute Gasteiger partial charge is 0.457 e. The summed E-state index contributed by atoms with van der Waals surface area (Å²) in [5, 5.41) is 30.8. The second-order valence-electron chi connectivity index (χ2n) is 20.2. The molecule has 13 heteroatoms. The highest BCUT2D eigenvalue weighted by Crippen LogP contribution is 2.26. The minimum atomic E-state index is -5.07. The van der Waals surface area contributed by atoms with Crippen LogP contribution < -0.4 is 0 Å². The molecule has 0 aromatic carbocycles. The lowest BCUT2D eigenvalue weighted by Gasteiger charge is -2.41. The number of aliphatic hydroxyl groups is 3. The van der Waals surface area contributed by atoms with E-state index in [1.807, 2.05) is 0 Å². The minimum Gasteiger partial charge on any atom is -0.457 e. The van der Waals surface area contributed by atoms with Gasteiger partial charge in [0.25, 0.3) is 0 Å². The second-order valence-corrected chi connectivity index (χ2v) is 21.3. The Hall–Kier alpha value is -1.68. The number of carbonyl (C=O) groups excluding carboxylic acids is 1. The van der Waals surface area contributed by atoms with Gasteiger partial charge in [-0.25, -0.2) is 4.18 Å². The summed E-state index contributed by atoms with van der Waals surface area (Å²) in [7, 11) is -5.07. The van der Waals surface area contributed by atoms with Crippen LogP contribution in [0, 0.1) is 0 Å². The number of aliphatic hydroxyl groups excluding tert-OH is 3. The number of allylic oxidation sites excluding steroid dienone is 6. The number of esters is 1. The van der Waals surface area contributed by atoms with Crippen LogP contribution in [0.2, 0.25) is 0 Å². The first-order valence-electron chi connectivity index (χ1n) is 29.2. The summed E-state index contributed by atoms with van der Waals surface area (Å²) in [4.78, 5) is 13.0. The Balaban J connectivity index is 2.29. The van der Waals surface area contributed by atoms with Gasteiger partial charge in [-0.1, -0.05) is 243 Å². The molecule has 1 aliphatic heterocycles. The number of ether oxygens (including phenoxy) is 4. The third-order valence-electron chi connectivity index (χ3n) is 13.5. The van der Waals surface area contributed by atoms with Crippen molar-refractivity contribution in [2.24, 2.45) is 0 Å². The van der Waals surface area contributed by atoms with Crippen LogP contribution in [-0.4, -0.2) is 97.5 Å². The van der Waals surface area contributed by atoms with Crippen LogP contribution in [0.1, 0.15) is 264 Å². The Morgan fingerprint density at radius 3 is 1.38 bits per heavy atom. The summed E-state index contributed by atoms with van der Waals surface area (Å²) in [6.07, 6.45) is 51.8. The summed E-state index contributed by atoms with van der Waals surface area (Å²) in [5.41, 5.74) is 0. The van der Waals surface area contributed by atoms with Gasteiger partial charge >= 0.3 is 16.4 Å². The number of unbranched alkanes of at least 4 members (excludes halogenated alkanes) is 33. The first kappa shape index (κ1) is 67.3. The zero-order valence-electron chi connectivity index (χ0n) is 45.3. The summed E-state index contributed by atoms with van der Waals surface area (Å²) >= 11 is 0. The Morgan fingerprint density at radius 1 is 0.535 bits per heavy atom. The normalized spacial score (nSPS) is 19.2. The van der Waals surface area contributed by atoms with Crippen molar-refractivity contribution in [3.05, 3.63) is 36.5 Å². The van der Waals surface area contributed by atoms with Crippen LogP contribution in [0.4, 0.5) is 0 Å². The molecule has 71 heavy (non-hydrogen) atoms. The van der Waals surface area contributed by atoms with E-state index in [1.165, 1.54) is 180 Å². The summed E-state index contributed by atoms with van der Waals surface area (Å²) in [6.45, 7) is 4.00. The van der Waals surface area contributed by atoms with E-state index in [9.17, 15) is 33.1 Å². The van der Waals surface area contributed by atoms with E-state index in [0.29, 0.717) is 13.0 Å². The lowest BCUT2D eigenvalue weighted by atomic mass is 9.99. The maximum absolute atomic E-state index is 13.0. The molecule has 0 saturated carbocycles. The van der Waals surface area contributed by atoms with Crippen molar-refractivity contribution in [3.63, 3.8) is 0 Å². The van der Waals surface area contributed by atoms with Gasteiger partial charge in [-0.15, -0.1) is 0 Å². The van der Waals surface area contributed by atoms with Crippen molar-refractivity contribution in [2.75, 3.05) is 26.4 Å². The average Bonchev–Trinajstić information content (AvgIpc) is 3.35. The molecular formula is C58H108O12S. The van der Waals surface area contributed by atoms with Crippen molar-refractivity contribution in [1.29, 1.82) is 0 Å². The maximum Gasteiger partial charge on any atom is 0.397 e. The highest BCUT2D eigenvalue weighted by Gasteiger charge is 2.48. The fourth-order valence-corrected chi connectivity index (χ4v) is 9.60. The van der Waals surface area contributed by atoms with Gasteiger partial charge in [0.2, 0.25) is 0 Å². The van der Waals surface area contributed by atoms with E-state index >= 15 is 0 Å². The SMILES string of the molecule is CCCCC/C=C\C/C=C\C/C=C\CCCCCCCCCOCC(COC1OC(CO)C(O)C(OS(=O)(=O)O)C1O)OC(=O)CCCCCCCCCCCCCCCCCCCCCCCCCC. The van der Waals surface area contributed by atoms with Crippen molar-refractivity contribution < 1.29 is 56.2 Å². The molecule has 0 amide bonds. The van der Waals surface area contributed by atoms with Crippen LogP contribution in [0.5, 0.6) is 0 Å². The Bertz CT molecular complexity index is 1370. The van der Waals surface area contributed by atoms with E-state index in [-0.39, 0.29) is 19.6 Å². The van der Waals surface area contributed by atoms with E-state index in [1.54, 1.807) is 0 Å². The predicted octanol–water partition coefficient (Wildman–Crippen LogP) is 14.5. The lowest BCUT2D eigenvalue weighted by molar-refractivity contribution is -0.301. The summed E-state index contributed by atoms with van der Waals surface area (Å²) in [5.74, 6) is -0.397. The van der Waals surface area contributed by atoms with Crippen LogP contribution in [0.15, 0.2) is 36.5 Å². The van der Waals surface area contributed by atoms with Crippen molar-refractivity contribution >= 4 is 16.4 Å². The van der Waals surface area contributed by atoms with Crippen molar-refractivity contribution in [3.8, 4) is 0 Å². The molecule has 6 atom stereocenters. The van der Waals surface area contributed by atoms with Gasteiger partial charge in [-0.3, -0.25) is 9.35 Å². The number of hydrogen-bond donors (Lipinski definition) is 4. The van der Waals surface area contributed by atoms with E-state index in [4.69, 9.17) is 18.9 Å². The van der Waals surface area contributed by atoms with Crippen molar-refractivity contribution in [2.45, 2.75) is 301 Å². The van der Waals surface area contributed by atoms with E-state index in [2.05, 4.69) is 54.5 Å². The van der Waals surface area contributed by atoms with Gasteiger partial charge in [0, 0.05) is 13.0 Å². The molecule has 6 unspecified atom stereocenters. The molecule has 0 aliphatic carbocycles. The number of hydrogen-bond acceptors (Lipinski definition) is 11. The number of rotatable bonds is 52. The van der Waals surface area contributed by atoms with E-state index < -0.39 is 59.8 Å². The van der Waals surface area contributed by atoms with Crippen LogP contribution >= 0.6 is 0 Å². The van der Waals surface area contributed by atoms with Gasteiger partial charge < -0.3 is 34.3 Å².